The van der Waals surface area contributed by atoms with Crippen molar-refractivity contribution in [1.82, 2.24) is 0 Å². The Bertz CT molecular complexity index is 1040. The van der Waals surface area contributed by atoms with Crippen molar-refractivity contribution in [3.63, 3.8) is 0 Å². The van der Waals surface area contributed by atoms with Crippen LogP contribution in [0.2, 0.25) is 0 Å². The lowest BCUT2D eigenvalue weighted by Gasteiger charge is -2.34. The van der Waals surface area contributed by atoms with Gasteiger partial charge in [-0.15, -0.1) is 0 Å². The molecule has 1 aliphatic carbocycles. The molecule has 2 aromatic rings. The molecule has 2 aromatic carbocycles. The molecule has 3 rings (SSSR count). The standard InChI is InChI=1S/C27H27FO5/c1-30-19-27(20-31-2,23-8-4-3-5-9-23)33-26-17-22(18-29)12-14-25(26)32-16-15-21-7-6-10-24(28)13-11-21/h3-5,8-14,17-18,21H,15-16,19-20H2,1-2H3. The fourth-order valence-electron chi connectivity index (χ4n) is 3.53. The second-order valence-electron chi connectivity index (χ2n) is 7.57. The molecule has 0 fully saturated rings. The minimum Gasteiger partial charge on any atom is -0.490 e. The molecule has 172 valence electrons. The number of rotatable bonds is 12. The molecule has 1 unspecified atom stereocenters. The summed E-state index contributed by atoms with van der Waals surface area (Å²) in [6.07, 6.45) is 5.69. The Balaban J connectivity index is 1.85. The number of benzene rings is 2. The average Bonchev–Trinajstić information content (AvgIpc) is 3.04. The highest BCUT2D eigenvalue weighted by Crippen LogP contribution is 2.36. The van der Waals surface area contributed by atoms with Crippen molar-refractivity contribution in [2.24, 2.45) is 5.92 Å². The number of hydrogen-bond acceptors (Lipinski definition) is 5. The van der Waals surface area contributed by atoms with Gasteiger partial charge in [-0.25, -0.2) is 4.39 Å². The summed E-state index contributed by atoms with van der Waals surface area (Å²) in [5.74, 6) is 6.07. The van der Waals surface area contributed by atoms with E-state index in [1.54, 1.807) is 38.5 Å². The molecule has 0 heterocycles. The van der Waals surface area contributed by atoms with E-state index in [1.165, 1.54) is 12.2 Å². The summed E-state index contributed by atoms with van der Waals surface area (Å²) in [5.41, 5.74) is 0.362. The summed E-state index contributed by atoms with van der Waals surface area (Å²) in [7, 11) is 3.18. The van der Waals surface area contributed by atoms with E-state index in [4.69, 9.17) is 18.9 Å². The van der Waals surface area contributed by atoms with Gasteiger partial charge in [-0.2, -0.15) is 0 Å². The molecule has 0 radical (unpaired) electrons. The van der Waals surface area contributed by atoms with Crippen LogP contribution in [0.3, 0.4) is 0 Å². The number of aldehydes is 1. The number of ether oxygens (including phenoxy) is 4. The van der Waals surface area contributed by atoms with Gasteiger partial charge in [0.1, 0.15) is 12.1 Å². The second kappa shape index (κ2) is 12.0. The van der Waals surface area contributed by atoms with E-state index in [9.17, 15) is 9.18 Å². The summed E-state index contributed by atoms with van der Waals surface area (Å²) in [5, 5.41) is 0. The third-order valence-corrected chi connectivity index (χ3v) is 5.12. The molecule has 0 aromatic heterocycles. The van der Waals surface area contributed by atoms with Gasteiger partial charge in [0.25, 0.3) is 0 Å². The largest absolute Gasteiger partial charge is 0.490 e. The van der Waals surface area contributed by atoms with E-state index in [-0.39, 0.29) is 25.0 Å². The van der Waals surface area contributed by atoms with Crippen molar-refractivity contribution >= 4 is 6.29 Å². The van der Waals surface area contributed by atoms with E-state index in [0.717, 1.165) is 11.8 Å². The highest BCUT2D eigenvalue weighted by Gasteiger charge is 2.36. The molecule has 33 heavy (non-hydrogen) atoms. The van der Waals surface area contributed by atoms with Crippen LogP contribution < -0.4 is 9.47 Å². The first-order valence-electron chi connectivity index (χ1n) is 10.6. The summed E-state index contributed by atoms with van der Waals surface area (Å²) in [4.78, 5) is 11.4. The lowest BCUT2D eigenvalue weighted by Crippen LogP contribution is -2.42. The number of hydrogen-bond donors (Lipinski definition) is 0. The van der Waals surface area contributed by atoms with Crippen LogP contribution in [-0.4, -0.2) is 40.3 Å². The molecule has 0 saturated heterocycles. The maximum atomic E-state index is 13.3. The van der Waals surface area contributed by atoms with Crippen LogP contribution in [0.25, 0.3) is 0 Å². The van der Waals surface area contributed by atoms with E-state index < -0.39 is 5.60 Å². The number of carbonyl (C=O) groups is 1. The normalized spacial score (nSPS) is 15.1. The fraction of sp³-hybridized carbons (Fsp3) is 0.296. The van der Waals surface area contributed by atoms with Crippen molar-refractivity contribution < 1.29 is 28.1 Å². The Labute approximate surface area is 193 Å². The maximum Gasteiger partial charge on any atom is 0.180 e. The first-order chi connectivity index (χ1) is 16.1. The topological polar surface area (TPSA) is 54.0 Å². The summed E-state index contributed by atoms with van der Waals surface area (Å²) >= 11 is 0. The number of methoxy groups -OCH3 is 2. The predicted octanol–water partition coefficient (Wildman–Crippen LogP) is 4.88. The molecule has 0 amide bonds. The third-order valence-electron chi connectivity index (χ3n) is 5.12. The van der Waals surface area contributed by atoms with Crippen molar-refractivity contribution in [2.75, 3.05) is 34.0 Å². The van der Waals surface area contributed by atoms with Gasteiger partial charge in [-0.1, -0.05) is 48.2 Å². The van der Waals surface area contributed by atoms with Gasteiger partial charge in [-0.05, 0) is 30.7 Å². The predicted molar refractivity (Wildman–Crippen MR) is 124 cm³/mol. The Morgan fingerprint density at radius 1 is 1.06 bits per heavy atom. The van der Waals surface area contributed by atoms with Gasteiger partial charge in [0.2, 0.25) is 0 Å². The minimum absolute atomic E-state index is 0.126. The van der Waals surface area contributed by atoms with Crippen molar-refractivity contribution in [2.45, 2.75) is 12.0 Å². The molecule has 0 bridgehead atoms. The van der Waals surface area contributed by atoms with Crippen LogP contribution >= 0.6 is 0 Å². The van der Waals surface area contributed by atoms with Gasteiger partial charge in [0.15, 0.2) is 17.1 Å². The summed E-state index contributed by atoms with van der Waals surface area (Å²) in [6.45, 7) is 0.766. The van der Waals surface area contributed by atoms with Gasteiger partial charge in [0.05, 0.1) is 19.8 Å². The molecule has 0 spiro atoms. The van der Waals surface area contributed by atoms with E-state index in [2.05, 4.69) is 11.8 Å². The van der Waals surface area contributed by atoms with E-state index >= 15 is 0 Å². The number of allylic oxidation sites excluding steroid dienone is 4. The zero-order valence-corrected chi connectivity index (χ0v) is 18.8. The molecule has 0 saturated carbocycles. The van der Waals surface area contributed by atoms with Gasteiger partial charge >= 0.3 is 0 Å². The number of halogens is 1. The lowest BCUT2D eigenvalue weighted by atomic mass is 9.95. The Morgan fingerprint density at radius 2 is 1.82 bits per heavy atom. The highest BCUT2D eigenvalue weighted by molar-refractivity contribution is 5.76. The van der Waals surface area contributed by atoms with Crippen LogP contribution in [0, 0.1) is 17.8 Å². The molecule has 0 aliphatic heterocycles. The molecular weight excluding hydrogens is 423 g/mol. The Kier molecular flexibility index (Phi) is 8.82. The molecule has 1 aliphatic rings. The van der Waals surface area contributed by atoms with Gasteiger partial charge < -0.3 is 18.9 Å². The Hall–Kier alpha value is -3.40. The van der Waals surface area contributed by atoms with E-state index in [1.807, 2.05) is 30.3 Å². The van der Waals surface area contributed by atoms with Gasteiger partial charge in [-0.3, -0.25) is 4.79 Å². The molecule has 0 N–H and O–H groups in total. The van der Waals surface area contributed by atoms with Crippen molar-refractivity contribution in [3.05, 3.63) is 83.7 Å². The summed E-state index contributed by atoms with van der Waals surface area (Å²) in [6, 6.07) is 14.6. The molecule has 6 heteroatoms. The Morgan fingerprint density at radius 3 is 2.52 bits per heavy atom. The second-order valence-corrected chi connectivity index (χ2v) is 7.57. The van der Waals surface area contributed by atoms with Crippen LogP contribution in [0.1, 0.15) is 22.3 Å². The van der Waals surface area contributed by atoms with Crippen LogP contribution in [-0.2, 0) is 15.1 Å². The smallest absolute Gasteiger partial charge is 0.180 e. The quantitative estimate of drug-likeness (QED) is 0.341. The van der Waals surface area contributed by atoms with Crippen molar-refractivity contribution in [1.29, 1.82) is 0 Å². The first kappa shape index (κ1) is 24.2. The molecular formula is C27H27FO5. The SMILES string of the molecule is COCC(COC)(Oc1cc(C=O)ccc1OCCC1C#CC=C(F)C=C1)c1ccccc1. The fourth-order valence-corrected chi connectivity index (χ4v) is 3.53. The number of carbonyl (C=O) groups excluding carboxylic acids is 1. The average molecular weight is 451 g/mol. The monoisotopic (exact) mass is 450 g/mol. The van der Waals surface area contributed by atoms with E-state index in [0.29, 0.717) is 30.1 Å². The van der Waals surface area contributed by atoms with Gasteiger partial charge in [0, 0.05) is 37.3 Å². The van der Waals surface area contributed by atoms with Crippen molar-refractivity contribution in [3.8, 4) is 23.3 Å². The highest BCUT2D eigenvalue weighted by atomic mass is 19.1. The minimum atomic E-state index is -0.955. The lowest BCUT2D eigenvalue weighted by molar-refractivity contribution is -0.0647. The van der Waals surface area contributed by atoms with Crippen LogP contribution in [0.5, 0.6) is 11.5 Å². The molecule has 5 nitrogen and oxygen atoms in total. The van der Waals surface area contributed by atoms with Crippen LogP contribution in [0.4, 0.5) is 4.39 Å². The summed E-state index contributed by atoms with van der Waals surface area (Å²) < 4.78 is 36.8. The first-order valence-corrected chi connectivity index (χ1v) is 10.6. The van der Waals surface area contributed by atoms with Crippen LogP contribution in [0.15, 0.2) is 72.6 Å². The third kappa shape index (κ3) is 6.55. The zero-order chi connectivity index (χ0) is 23.5. The molecule has 1 atom stereocenters. The maximum absolute atomic E-state index is 13.3. The zero-order valence-electron chi connectivity index (χ0n) is 18.8.